The Hall–Kier alpha value is -1.26. The molecule has 0 saturated carbocycles. The normalized spacial score (nSPS) is 16.9. The van der Waals surface area contributed by atoms with Crippen LogP contribution >= 0.6 is 0 Å². The summed E-state index contributed by atoms with van der Waals surface area (Å²) in [6, 6.07) is 0.250. The highest BCUT2D eigenvalue weighted by Crippen LogP contribution is 2.25. The van der Waals surface area contributed by atoms with E-state index in [9.17, 15) is 9.59 Å². The van der Waals surface area contributed by atoms with Gasteiger partial charge in [0.2, 0.25) is 0 Å². The first-order valence-electron chi connectivity index (χ1n) is 7.66. The lowest BCUT2D eigenvalue weighted by Crippen LogP contribution is -2.58. The number of carbonyl (C=O) groups is 2. The molecule has 0 radical (unpaired) electrons. The van der Waals surface area contributed by atoms with Crippen molar-refractivity contribution in [3.05, 3.63) is 0 Å². The predicted molar refractivity (Wildman–Crippen MR) is 78.6 cm³/mol. The van der Waals surface area contributed by atoms with E-state index in [0.717, 1.165) is 25.8 Å². The lowest BCUT2D eigenvalue weighted by molar-refractivity contribution is -0.145. The van der Waals surface area contributed by atoms with Gasteiger partial charge < -0.3 is 14.9 Å². The lowest BCUT2D eigenvalue weighted by atomic mass is 9.87. The molecule has 1 fully saturated rings. The molecular formula is C15H28N2O3. The van der Waals surface area contributed by atoms with Gasteiger partial charge in [-0.05, 0) is 20.3 Å². The van der Waals surface area contributed by atoms with E-state index in [-0.39, 0.29) is 23.9 Å². The Kier molecular flexibility index (Phi) is 6.30. The van der Waals surface area contributed by atoms with Crippen molar-refractivity contribution in [2.75, 3.05) is 19.6 Å². The van der Waals surface area contributed by atoms with Crippen molar-refractivity contribution < 1.29 is 14.7 Å². The monoisotopic (exact) mass is 284 g/mol. The van der Waals surface area contributed by atoms with E-state index in [4.69, 9.17) is 5.11 Å². The molecule has 1 aliphatic rings. The number of carboxylic acids is 1. The van der Waals surface area contributed by atoms with Gasteiger partial charge in [-0.3, -0.25) is 4.79 Å². The Bertz CT molecular complexity index is 338. The summed E-state index contributed by atoms with van der Waals surface area (Å²) in [4.78, 5) is 27.0. The standard InChI is InChI=1S/C15H28N2O3/c1-5-6-7-8-17(11(2)3)15(20)16-9-13(10-16)12(4)14(18)19/h11-13H,5-10H2,1-4H3,(H,18,19). The van der Waals surface area contributed by atoms with Crippen LogP contribution in [0.4, 0.5) is 4.79 Å². The zero-order valence-corrected chi connectivity index (χ0v) is 13.1. The molecule has 5 heteroatoms. The van der Waals surface area contributed by atoms with Gasteiger partial charge in [0, 0.05) is 31.6 Å². The Morgan fingerprint density at radius 3 is 2.30 bits per heavy atom. The van der Waals surface area contributed by atoms with Crippen molar-refractivity contribution in [3.63, 3.8) is 0 Å². The van der Waals surface area contributed by atoms with Crippen molar-refractivity contribution in [2.24, 2.45) is 11.8 Å². The number of carbonyl (C=O) groups excluding carboxylic acids is 1. The van der Waals surface area contributed by atoms with Crippen molar-refractivity contribution in [1.29, 1.82) is 0 Å². The Labute approximate surface area is 121 Å². The number of likely N-dealkylation sites (tertiary alicyclic amines) is 1. The Morgan fingerprint density at radius 2 is 1.85 bits per heavy atom. The van der Waals surface area contributed by atoms with Gasteiger partial charge in [0.05, 0.1) is 5.92 Å². The molecule has 1 N–H and O–H groups in total. The lowest BCUT2D eigenvalue weighted by Gasteiger charge is -2.44. The molecular weight excluding hydrogens is 256 g/mol. The largest absolute Gasteiger partial charge is 0.481 e. The van der Waals surface area contributed by atoms with Crippen molar-refractivity contribution in [2.45, 2.75) is 53.0 Å². The minimum Gasteiger partial charge on any atom is -0.481 e. The highest BCUT2D eigenvalue weighted by molar-refractivity contribution is 5.76. The predicted octanol–water partition coefficient (Wildman–Crippen LogP) is 2.66. The number of aliphatic carboxylic acids is 1. The van der Waals surface area contributed by atoms with Crippen LogP contribution in [0.1, 0.15) is 47.0 Å². The molecule has 0 aromatic heterocycles. The molecule has 1 saturated heterocycles. The van der Waals surface area contributed by atoms with Crippen molar-refractivity contribution in [3.8, 4) is 0 Å². The van der Waals surface area contributed by atoms with E-state index in [1.807, 2.05) is 18.7 Å². The van der Waals surface area contributed by atoms with E-state index in [2.05, 4.69) is 6.92 Å². The van der Waals surface area contributed by atoms with Crippen LogP contribution < -0.4 is 0 Å². The molecule has 20 heavy (non-hydrogen) atoms. The second kappa shape index (κ2) is 7.50. The van der Waals surface area contributed by atoms with Crippen LogP contribution in [0.3, 0.4) is 0 Å². The molecule has 2 amide bonds. The van der Waals surface area contributed by atoms with Gasteiger partial charge in [0.1, 0.15) is 0 Å². The minimum atomic E-state index is -0.772. The van der Waals surface area contributed by atoms with Crippen LogP contribution in [0.15, 0.2) is 0 Å². The summed E-state index contributed by atoms with van der Waals surface area (Å²) in [6.07, 6.45) is 3.31. The molecule has 1 unspecified atom stereocenters. The third-order valence-corrected chi connectivity index (χ3v) is 4.15. The molecule has 0 aliphatic carbocycles. The fourth-order valence-electron chi connectivity index (χ4n) is 2.48. The maximum Gasteiger partial charge on any atom is 0.320 e. The highest BCUT2D eigenvalue weighted by atomic mass is 16.4. The van der Waals surface area contributed by atoms with Crippen LogP contribution in [0.25, 0.3) is 0 Å². The summed E-state index contributed by atoms with van der Waals surface area (Å²) in [5.41, 5.74) is 0. The summed E-state index contributed by atoms with van der Waals surface area (Å²) in [5, 5.41) is 8.97. The Balaban J connectivity index is 2.46. The molecule has 5 nitrogen and oxygen atoms in total. The second-order valence-corrected chi connectivity index (χ2v) is 6.07. The molecule has 0 aromatic carbocycles. The molecule has 1 atom stereocenters. The van der Waals surface area contributed by atoms with Crippen molar-refractivity contribution in [1.82, 2.24) is 9.80 Å². The minimum absolute atomic E-state index is 0.0601. The van der Waals surface area contributed by atoms with Gasteiger partial charge in [-0.1, -0.05) is 26.7 Å². The molecule has 116 valence electrons. The maximum atomic E-state index is 12.4. The molecule has 0 aromatic rings. The highest BCUT2D eigenvalue weighted by Gasteiger charge is 2.38. The van der Waals surface area contributed by atoms with Gasteiger partial charge >= 0.3 is 12.0 Å². The molecule has 1 aliphatic heterocycles. The molecule has 1 heterocycles. The summed E-state index contributed by atoms with van der Waals surface area (Å²) in [6.45, 7) is 9.86. The topological polar surface area (TPSA) is 60.9 Å². The van der Waals surface area contributed by atoms with Crippen molar-refractivity contribution >= 4 is 12.0 Å². The number of carboxylic acid groups (broad SMARTS) is 1. The van der Waals surface area contributed by atoms with E-state index in [0.29, 0.717) is 13.1 Å². The third kappa shape index (κ3) is 4.12. The first-order valence-corrected chi connectivity index (χ1v) is 7.66. The molecule has 0 spiro atoms. The smallest absolute Gasteiger partial charge is 0.320 e. The van der Waals surface area contributed by atoms with Crippen LogP contribution in [0.2, 0.25) is 0 Å². The van der Waals surface area contributed by atoms with Crippen LogP contribution in [-0.4, -0.2) is 52.6 Å². The number of rotatable bonds is 7. The number of unbranched alkanes of at least 4 members (excludes halogenated alkanes) is 2. The first-order chi connectivity index (χ1) is 9.38. The number of hydrogen-bond acceptors (Lipinski definition) is 2. The van der Waals surface area contributed by atoms with Crippen LogP contribution in [-0.2, 0) is 4.79 Å². The number of amides is 2. The zero-order chi connectivity index (χ0) is 15.3. The number of nitrogens with zero attached hydrogens (tertiary/aromatic N) is 2. The summed E-state index contributed by atoms with van der Waals surface area (Å²) in [5.74, 6) is -1.04. The molecule has 1 rings (SSSR count). The number of hydrogen-bond donors (Lipinski definition) is 1. The van der Waals surface area contributed by atoms with E-state index >= 15 is 0 Å². The second-order valence-electron chi connectivity index (χ2n) is 6.07. The summed E-state index contributed by atoms with van der Waals surface area (Å²) in [7, 11) is 0. The average Bonchev–Trinajstić information content (AvgIpc) is 2.31. The number of urea groups is 1. The SMILES string of the molecule is CCCCCN(C(=O)N1CC(C(C)C(=O)O)C1)C(C)C. The summed E-state index contributed by atoms with van der Waals surface area (Å²) < 4.78 is 0. The quantitative estimate of drug-likeness (QED) is 0.731. The van der Waals surface area contributed by atoms with Crippen LogP contribution in [0.5, 0.6) is 0 Å². The average molecular weight is 284 g/mol. The van der Waals surface area contributed by atoms with E-state index in [1.54, 1.807) is 11.8 Å². The zero-order valence-electron chi connectivity index (χ0n) is 13.1. The Morgan fingerprint density at radius 1 is 1.25 bits per heavy atom. The van der Waals surface area contributed by atoms with Gasteiger partial charge in [-0.15, -0.1) is 0 Å². The van der Waals surface area contributed by atoms with Gasteiger partial charge in [0.25, 0.3) is 0 Å². The fourth-order valence-corrected chi connectivity index (χ4v) is 2.48. The van der Waals surface area contributed by atoms with Crippen LogP contribution in [0, 0.1) is 11.8 Å². The molecule has 0 bridgehead atoms. The first kappa shape index (κ1) is 16.8. The van der Waals surface area contributed by atoms with E-state index in [1.165, 1.54) is 0 Å². The van der Waals surface area contributed by atoms with Gasteiger partial charge in [0.15, 0.2) is 0 Å². The summed E-state index contributed by atoms with van der Waals surface area (Å²) >= 11 is 0. The van der Waals surface area contributed by atoms with Gasteiger partial charge in [-0.2, -0.15) is 0 Å². The van der Waals surface area contributed by atoms with Gasteiger partial charge in [-0.25, -0.2) is 4.79 Å². The third-order valence-electron chi connectivity index (χ3n) is 4.15. The van der Waals surface area contributed by atoms with E-state index < -0.39 is 5.97 Å². The fraction of sp³-hybridized carbons (Fsp3) is 0.867. The maximum absolute atomic E-state index is 12.4.